The van der Waals surface area contributed by atoms with E-state index in [0.717, 1.165) is 41.1 Å². The number of piperazine rings is 1. The highest BCUT2D eigenvalue weighted by atomic mass is 16.5. The van der Waals surface area contributed by atoms with Crippen molar-refractivity contribution in [3.63, 3.8) is 0 Å². The summed E-state index contributed by atoms with van der Waals surface area (Å²) in [5, 5.41) is 5.69. The molecule has 0 saturated carbocycles. The van der Waals surface area contributed by atoms with E-state index in [1.54, 1.807) is 0 Å². The first-order chi connectivity index (χ1) is 16.1. The Morgan fingerprint density at radius 2 is 1.55 bits per heavy atom. The minimum absolute atomic E-state index is 0.0185. The minimum Gasteiger partial charge on any atom is -0.467 e. The van der Waals surface area contributed by atoms with Crippen molar-refractivity contribution in [3.05, 3.63) is 78.0 Å². The number of anilines is 1. The van der Waals surface area contributed by atoms with Crippen LogP contribution < -0.4 is 9.64 Å². The van der Waals surface area contributed by atoms with Crippen LogP contribution >= 0.6 is 0 Å². The molecule has 0 bridgehead atoms. The first-order valence-electron chi connectivity index (χ1n) is 11.2. The molecule has 7 nitrogen and oxygen atoms in total. The van der Waals surface area contributed by atoms with Gasteiger partial charge in [0.2, 0.25) is 5.88 Å². The Bertz CT molecular complexity index is 1260. The second-order valence-electron chi connectivity index (χ2n) is 8.30. The Kier molecular flexibility index (Phi) is 5.69. The zero-order chi connectivity index (χ0) is 22.8. The van der Waals surface area contributed by atoms with E-state index in [4.69, 9.17) is 9.72 Å². The molecule has 2 aromatic carbocycles. The molecular formula is C26H27N5O2. The monoisotopic (exact) mass is 441 g/mol. The van der Waals surface area contributed by atoms with E-state index >= 15 is 0 Å². The van der Waals surface area contributed by atoms with Gasteiger partial charge >= 0.3 is 0 Å². The summed E-state index contributed by atoms with van der Waals surface area (Å²) in [7, 11) is 0. The fourth-order valence-electron chi connectivity index (χ4n) is 4.38. The molecule has 0 radical (unpaired) electrons. The van der Waals surface area contributed by atoms with Crippen LogP contribution in [-0.4, -0.2) is 58.4 Å². The van der Waals surface area contributed by atoms with E-state index in [1.807, 2.05) is 78.0 Å². The van der Waals surface area contributed by atoms with Crippen LogP contribution in [0.1, 0.15) is 11.3 Å². The molecule has 0 aliphatic carbocycles. The SMILES string of the molecule is Cc1cc(OCC(=O)N2CCN(c3ccccc3)CC2)nc2c1c(C)nn2-c1ccccc1. The topological polar surface area (TPSA) is 63.5 Å². The molecule has 3 heterocycles. The number of carbonyl (C=O) groups excluding carboxylic acids is 1. The van der Waals surface area contributed by atoms with Gasteiger partial charge in [-0.05, 0) is 43.7 Å². The van der Waals surface area contributed by atoms with E-state index in [2.05, 4.69) is 22.1 Å². The van der Waals surface area contributed by atoms with Crippen molar-refractivity contribution in [1.82, 2.24) is 19.7 Å². The van der Waals surface area contributed by atoms with Crippen LogP contribution in [0.25, 0.3) is 16.7 Å². The molecule has 168 valence electrons. The summed E-state index contributed by atoms with van der Waals surface area (Å²) >= 11 is 0. The summed E-state index contributed by atoms with van der Waals surface area (Å²) in [5.41, 5.74) is 4.81. The number of hydrogen-bond acceptors (Lipinski definition) is 5. The van der Waals surface area contributed by atoms with Crippen LogP contribution in [0, 0.1) is 13.8 Å². The third kappa shape index (κ3) is 4.26. The van der Waals surface area contributed by atoms with E-state index in [1.165, 1.54) is 5.69 Å². The lowest BCUT2D eigenvalue weighted by atomic mass is 10.2. The highest BCUT2D eigenvalue weighted by Crippen LogP contribution is 2.26. The molecular weight excluding hydrogens is 414 g/mol. The van der Waals surface area contributed by atoms with Crippen LogP contribution in [0.4, 0.5) is 5.69 Å². The maximum Gasteiger partial charge on any atom is 0.260 e. The second-order valence-corrected chi connectivity index (χ2v) is 8.30. The third-order valence-electron chi connectivity index (χ3n) is 6.08. The zero-order valence-electron chi connectivity index (χ0n) is 18.9. The number of aryl methyl sites for hydroxylation is 2. The lowest BCUT2D eigenvalue weighted by Gasteiger charge is -2.36. The van der Waals surface area contributed by atoms with Gasteiger partial charge in [0.05, 0.1) is 11.4 Å². The number of nitrogens with zero attached hydrogens (tertiary/aromatic N) is 5. The Morgan fingerprint density at radius 3 is 2.21 bits per heavy atom. The quantitative estimate of drug-likeness (QED) is 0.472. The molecule has 0 atom stereocenters. The lowest BCUT2D eigenvalue weighted by Crippen LogP contribution is -2.50. The van der Waals surface area contributed by atoms with Crippen molar-refractivity contribution in [1.29, 1.82) is 0 Å². The summed E-state index contributed by atoms with van der Waals surface area (Å²) in [5.74, 6) is 0.420. The van der Waals surface area contributed by atoms with Gasteiger partial charge in [-0.2, -0.15) is 10.1 Å². The van der Waals surface area contributed by atoms with Crippen molar-refractivity contribution in [3.8, 4) is 11.6 Å². The molecule has 1 amide bonds. The maximum absolute atomic E-state index is 12.8. The van der Waals surface area contributed by atoms with Gasteiger partial charge in [0.15, 0.2) is 12.3 Å². The number of aromatic nitrogens is 3. The van der Waals surface area contributed by atoms with Gasteiger partial charge < -0.3 is 14.5 Å². The largest absolute Gasteiger partial charge is 0.467 e. The van der Waals surface area contributed by atoms with Gasteiger partial charge in [-0.1, -0.05) is 36.4 Å². The molecule has 1 fully saturated rings. The van der Waals surface area contributed by atoms with Gasteiger partial charge in [-0.3, -0.25) is 4.79 Å². The maximum atomic E-state index is 12.8. The Hall–Kier alpha value is -3.87. The second kappa shape index (κ2) is 8.94. The summed E-state index contributed by atoms with van der Waals surface area (Å²) in [6.07, 6.45) is 0. The highest BCUT2D eigenvalue weighted by molar-refractivity contribution is 5.84. The van der Waals surface area contributed by atoms with E-state index in [-0.39, 0.29) is 12.5 Å². The molecule has 1 saturated heterocycles. The number of fused-ring (bicyclic) bond motifs is 1. The Morgan fingerprint density at radius 1 is 0.909 bits per heavy atom. The molecule has 0 N–H and O–H groups in total. The van der Waals surface area contributed by atoms with Crippen LogP contribution in [0.5, 0.6) is 5.88 Å². The molecule has 5 rings (SSSR count). The van der Waals surface area contributed by atoms with Gasteiger partial charge in [-0.25, -0.2) is 4.68 Å². The smallest absolute Gasteiger partial charge is 0.260 e. The number of pyridine rings is 1. The van der Waals surface area contributed by atoms with Crippen molar-refractivity contribution < 1.29 is 9.53 Å². The summed E-state index contributed by atoms with van der Waals surface area (Å²) in [6, 6.07) is 22.1. The molecule has 33 heavy (non-hydrogen) atoms. The normalized spacial score (nSPS) is 14.0. The summed E-state index contributed by atoms with van der Waals surface area (Å²) in [4.78, 5) is 21.7. The molecule has 1 aliphatic rings. The fraction of sp³-hybridized carbons (Fsp3) is 0.269. The highest BCUT2D eigenvalue weighted by Gasteiger charge is 2.22. The standard InChI is InChI=1S/C26H27N5O2/c1-19-17-23(27-26-25(19)20(2)28-31(26)22-11-7-4-8-12-22)33-18-24(32)30-15-13-29(14-16-30)21-9-5-3-6-10-21/h3-12,17H,13-16,18H2,1-2H3. The first kappa shape index (κ1) is 21.0. The minimum atomic E-state index is -0.0261. The van der Waals surface area contributed by atoms with E-state index < -0.39 is 0 Å². The van der Waals surface area contributed by atoms with Gasteiger partial charge in [0, 0.05) is 43.3 Å². The molecule has 2 aromatic heterocycles. The van der Waals surface area contributed by atoms with Crippen molar-refractivity contribution in [2.75, 3.05) is 37.7 Å². The molecule has 0 spiro atoms. The fourth-order valence-corrected chi connectivity index (χ4v) is 4.38. The average Bonchev–Trinajstić information content (AvgIpc) is 3.20. The van der Waals surface area contributed by atoms with Crippen LogP contribution in [0.3, 0.4) is 0 Å². The van der Waals surface area contributed by atoms with E-state index in [0.29, 0.717) is 19.0 Å². The van der Waals surface area contributed by atoms with Gasteiger partial charge in [-0.15, -0.1) is 0 Å². The van der Waals surface area contributed by atoms with Crippen molar-refractivity contribution in [2.24, 2.45) is 0 Å². The van der Waals surface area contributed by atoms with Crippen LogP contribution in [-0.2, 0) is 4.79 Å². The predicted octanol–water partition coefficient (Wildman–Crippen LogP) is 3.76. The van der Waals surface area contributed by atoms with E-state index in [9.17, 15) is 4.79 Å². The number of hydrogen-bond donors (Lipinski definition) is 0. The zero-order valence-corrected chi connectivity index (χ0v) is 18.9. The molecule has 4 aromatic rings. The molecule has 0 unspecified atom stereocenters. The van der Waals surface area contributed by atoms with Crippen LogP contribution in [0.15, 0.2) is 66.7 Å². The number of para-hydroxylation sites is 2. The average molecular weight is 442 g/mol. The number of ether oxygens (including phenoxy) is 1. The van der Waals surface area contributed by atoms with Crippen molar-refractivity contribution >= 4 is 22.6 Å². The number of carbonyl (C=O) groups is 1. The number of rotatable bonds is 5. The van der Waals surface area contributed by atoms with Gasteiger partial charge in [0.1, 0.15) is 0 Å². The number of amides is 1. The molecule has 1 aliphatic heterocycles. The summed E-state index contributed by atoms with van der Waals surface area (Å²) in [6.45, 7) is 6.97. The third-order valence-corrected chi connectivity index (χ3v) is 6.08. The number of benzene rings is 2. The Labute approximate surface area is 193 Å². The predicted molar refractivity (Wildman–Crippen MR) is 129 cm³/mol. The van der Waals surface area contributed by atoms with Crippen LogP contribution in [0.2, 0.25) is 0 Å². The van der Waals surface area contributed by atoms with Gasteiger partial charge in [0.25, 0.3) is 5.91 Å². The van der Waals surface area contributed by atoms with Crippen molar-refractivity contribution in [2.45, 2.75) is 13.8 Å². The lowest BCUT2D eigenvalue weighted by molar-refractivity contribution is -0.133. The Balaban J connectivity index is 1.27. The molecule has 7 heteroatoms. The first-order valence-corrected chi connectivity index (χ1v) is 11.2. The summed E-state index contributed by atoms with van der Waals surface area (Å²) < 4.78 is 7.69.